The second kappa shape index (κ2) is 6.06. The molecular weight excluding hydrogens is 260 g/mol. The van der Waals surface area contributed by atoms with Gasteiger partial charge in [0.2, 0.25) is 0 Å². The van der Waals surface area contributed by atoms with Crippen LogP contribution in [0.4, 0.5) is 0 Å². The molecule has 2 heterocycles. The maximum atomic E-state index is 4.56. The summed E-state index contributed by atoms with van der Waals surface area (Å²) in [5.74, 6) is 1.02. The van der Waals surface area contributed by atoms with Crippen molar-refractivity contribution < 1.29 is 0 Å². The Morgan fingerprint density at radius 2 is 1.86 bits per heavy atom. The summed E-state index contributed by atoms with van der Waals surface area (Å²) < 4.78 is 2.23. The van der Waals surface area contributed by atoms with E-state index in [2.05, 4.69) is 51.0 Å². The Balaban J connectivity index is 1.83. The summed E-state index contributed by atoms with van der Waals surface area (Å²) in [5, 5.41) is 3.34. The molecule has 0 aliphatic rings. The van der Waals surface area contributed by atoms with Gasteiger partial charge in [-0.2, -0.15) is 0 Å². The Labute approximate surface area is 124 Å². The highest BCUT2D eigenvalue weighted by molar-refractivity contribution is 5.74. The van der Waals surface area contributed by atoms with Crippen molar-refractivity contribution in [2.75, 3.05) is 6.54 Å². The number of imidazole rings is 1. The molecule has 2 aromatic heterocycles. The van der Waals surface area contributed by atoms with Gasteiger partial charge in [-0.05, 0) is 30.7 Å². The van der Waals surface area contributed by atoms with Gasteiger partial charge in [-0.3, -0.25) is 4.98 Å². The molecule has 21 heavy (non-hydrogen) atoms. The van der Waals surface area contributed by atoms with Crippen LogP contribution in [0.3, 0.4) is 0 Å². The molecule has 4 heteroatoms. The van der Waals surface area contributed by atoms with Crippen LogP contribution in [0.2, 0.25) is 0 Å². The van der Waals surface area contributed by atoms with E-state index in [1.165, 1.54) is 11.1 Å². The predicted molar refractivity (Wildman–Crippen MR) is 85.2 cm³/mol. The third-order valence-corrected chi connectivity index (χ3v) is 3.68. The van der Waals surface area contributed by atoms with Crippen LogP contribution in [-0.4, -0.2) is 21.1 Å². The van der Waals surface area contributed by atoms with Crippen molar-refractivity contribution in [2.45, 2.75) is 26.9 Å². The highest BCUT2D eigenvalue weighted by Gasteiger charge is 2.07. The van der Waals surface area contributed by atoms with Crippen LogP contribution < -0.4 is 5.32 Å². The smallest absolute Gasteiger partial charge is 0.107 e. The minimum Gasteiger partial charge on any atom is -0.324 e. The molecule has 0 saturated carbocycles. The number of rotatable bonds is 5. The normalized spacial score (nSPS) is 11.1. The summed E-state index contributed by atoms with van der Waals surface area (Å²) in [7, 11) is 0. The van der Waals surface area contributed by atoms with E-state index in [9.17, 15) is 0 Å². The first-order valence-electron chi connectivity index (χ1n) is 7.33. The van der Waals surface area contributed by atoms with E-state index >= 15 is 0 Å². The zero-order valence-corrected chi connectivity index (χ0v) is 12.5. The maximum Gasteiger partial charge on any atom is 0.107 e. The van der Waals surface area contributed by atoms with Gasteiger partial charge >= 0.3 is 0 Å². The molecule has 0 saturated heterocycles. The summed E-state index contributed by atoms with van der Waals surface area (Å²) in [6, 6.07) is 10.8. The van der Waals surface area contributed by atoms with Crippen LogP contribution in [-0.2, 0) is 13.1 Å². The van der Waals surface area contributed by atoms with Crippen molar-refractivity contribution in [3.05, 3.63) is 59.7 Å². The zero-order valence-electron chi connectivity index (χ0n) is 12.5. The number of nitrogens with zero attached hydrogens (tertiary/aromatic N) is 3. The van der Waals surface area contributed by atoms with Crippen molar-refractivity contribution in [3.63, 3.8) is 0 Å². The number of hydrogen-bond donors (Lipinski definition) is 1. The molecule has 3 aromatic rings. The first-order chi connectivity index (χ1) is 10.3. The van der Waals surface area contributed by atoms with Gasteiger partial charge in [-0.1, -0.05) is 31.2 Å². The van der Waals surface area contributed by atoms with Gasteiger partial charge in [-0.15, -0.1) is 0 Å². The lowest BCUT2D eigenvalue weighted by atomic mass is 10.1. The van der Waals surface area contributed by atoms with E-state index < -0.39 is 0 Å². The standard InChI is InChI=1S/C17H20N4/c1-3-18-10-14-4-6-15(7-5-14)12-21-13(2)20-16-11-19-9-8-17(16)21/h4-9,11,18H,3,10,12H2,1-2H3. The van der Waals surface area contributed by atoms with Crippen molar-refractivity contribution in [1.82, 2.24) is 19.9 Å². The van der Waals surface area contributed by atoms with Crippen LogP contribution in [0, 0.1) is 6.92 Å². The Morgan fingerprint density at radius 1 is 1.10 bits per heavy atom. The Morgan fingerprint density at radius 3 is 2.62 bits per heavy atom. The summed E-state index contributed by atoms with van der Waals surface area (Å²) in [6.45, 7) is 6.93. The molecule has 108 valence electrons. The van der Waals surface area contributed by atoms with E-state index in [0.717, 1.165) is 36.5 Å². The Kier molecular flexibility index (Phi) is 3.97. The Bertz CT molecular complexity index is 728. The van der Waals surface area contributed by atoms with E-state index in [-0.39, 0.29) is 0 Å². The number of fused-ring (bicyclic) bond motifs is 1. The van der Waals surface area contributed by atoms with Gasteiger partial charge < -0.3 is 9.88 Å². The van der Waals surface area contributed by atoms with Gasteiger partial charge in [0.15, 0.2) is 0 Å². The molecule has 4 nitrogen and oxygen atoms in total. The lowest BCUT2D eigenvalue weighted by Crippen LogP contribution is -2.11. The first-order valence-corrected chi connectivity index (χ1v) is 7.33. The molecule has 1 N–H and O–H groups in total. The summed E-state index contributed by atoms with van der Waals surface area (Å²) in [4.78, 5) is 8.69. The fraction of sp³-hybridized carbons (Fsp3) is 0.294. The van der Waals surface area contributed by atoms with Gasteiger partial charge in [-0.25, -0.2) is 4.98 Å². The van der Waals surface area contributed by atoms with Crippen LogP contribution in [0.15, 0.2) is 42.7 Å². The SMILES string of the molecule is CCNCc1ccc(Cn2c(C)nc3cnccc32)cc1. The monoisotopic (exact) mass is 280 g/mol. The molecule has 0 unspecified atom stereocenters. The molecule has 0 amide bonds. The fourth-order valence-electron chi connectivity index (χ4n) is 2.52. The molecule has 0 aliphatic heterocycles. The first kappa shape index (κ1) is 13.8. The zero-order chi connectivity index (χ0) is 14.7. The molecule has 0 spiro atoms. The van der Waals surface area contributed by atoms with E-state index in [0.29, 0.717) is 0 Å². The second-order valence-electron chi connectivity index (χ2n) is 5.21. The lowest BCUT2D eigenvalue weighted by Gasteiger charge is -2.08. The van der Waals surface area contributed by atoms with Gasteiger partial charge in [0.25, 0.3) is 0 Å². The molecule has 0 aliphatic carbocycles. The van der Waals surface area contributed by atoms with Crippen LogP contribution in [0.1, 0.15) is 23.9 Å². The van der Waals surface area contributed by atoms with E-state index in [4.69, 9.17) is 0 Å². The topological polar surface area (TPSA) is 42.7 Å². The van der Waals surface area contributed by atoms with Crippen molar-refractivity contribution in [2.24, 2.45) is 0 Å². The Hall–Kier alpha value is -2.20. The molecule has 0 radical (unpaired) electrons. The average Bonchev–Trinajstić information content (AvgIpc) is 2.83. The largest absolute Gasteiger partial charge is 0.324 e. The molecule has 0 fully saturated rings. The van der Waals surface area contributed by atoms with Crippen LogP contribution in [0.25, 0.3) is 11.0 Å². The fourth-order valence-corrected chi connectivity index (χ4v) is 2.52. The number of aromatic nitrogens is 3. The van der Waals surface area contributed by atoms with Gasteiger partial charge in [0, 0.05) is 19.3 Å². The number of benzene rings is 1. The molecule has 0 bridgehead atoms. The predicted octanol–water partition coefficient (Wildman–Crippen LogP) is 2.90. The highest BCUT2D eigenvalue weighted by atomic mass is 15.1. The summed E-state index contributed by atoms with van der Waals surface area (Å²) >= 11 is 0. The minimum atomic E-state index is 0.841. The highest BCUT2D eigenvalue weighted by Crippen LogP contribution is 2.16. The second-order valence-corrected chi connectivity index (χ2v) is 5.21. The third kappa shape index (κ3) is 2.95. The third-order valence-electron chi connectivity index (χ3n) is 3.68. The number of aryl methyl sites for hydroxylation is 1. The lowest BCUT2D eigenvalue weighted by molar-refractivity contribution is 0.725. The van der Waals surface area contributed by atoms with Crippen LogP contribution >= 0.6 is 0 Å². The van der Waals surface area contributed by atoms with Gasteiger partial charge in [0.05, 0.1) is 11.7 Å². The quantitative estimate of drug-likeness (QED) is 0.781. The van der Waals surface area contributed by atoms with Crippen LogP contribution in [0.5, 0.6) is 0 Å². The van der Waals surface area contributed by atoms with Crippen molar-refractivity contribution in [1.29, 1.82) is 0 Å². The average molecular weight is 280 g/mol. The number of pyridine rings is 1. The van der Waals surface area contributed by atoms with E-state index in [1.54, 1.807) is 0 Å². The molecular formula is C17H20N4. The minimum absolute atomic E-state index is 0.841. The van der Waals surface area contributed by atoms with E-state index in [1.807, 2.05) is 25.4 Å². The molecule has 0 atom stereocenters. The number of nitrogens with one attached hydrogen (secondary N) is 1. The molecule has 1 aromatic carbocycles. The molecule has 3 rings (SSSR count). The van der Waals surface area contributed by atoms with Crippen molar-refractivity contribution >= 4 is 11.0 Å². The number of hydrogen-bond acceptors (Lipinski definition) is 3. The van der Waals surface area contributed by atoms with Crippen molar-refractivity contribution in [3.8, 4) is 0 Å². The summed E-state index contributed by atoms with van der Waals surface area (Å²) in [6.07, 6.45) is 3.64. The summed E-state index contributed by atoms with van der Waals surface area (Å²) in [5.41, 5.74) is 4.70. The maximum absolute atomic E-state index is 4.56. The van der Waals surface area contributed by atoms with Gasteiger partial charge in [0.1, 0.15) is 11.3 Å².